The van der Waals surface area contributed by atoms with E-state index in [1.54, 1.807) is 0 Å². The second-order valence-electron chi connectivity index (χ2n) is 2.39. The van der Waals surface area contributed by atoms with E-state index in [9.17, 15) is 0 Å². The maximum absolute atomic E-state index is 8.60. The fourth-order valence-corrected chi connectivity index (χ4v) is 0.962. The first-order valence-corrected chi connectivity index (χ1v) is 3.61. The molecule has 0 fully saturated rings. The number of hydroxylamine groups is 1. The Hall–Kier alpha value is -0.0800. The molecule has 55 valence electrons. The van der Waals surface area contributed by atoms with E-state index in [0.717, 1.165) is 19.3 Å². The lowest BCUT2D eigenvalue weighted by Crippen LogP contribution is -2.35. The van der Waals surface area contributed by atoms with Crippen LogP contribution in [-0.2, 0) is 0 Å². The van der Waals surface area contributed by atoms with Gasteiger partial charge < -0.3 is 0 Å². The summed E-state index contributed by atoms with van der Waals surface area (Å²) >= 11 is 0. The summed E-state index contributed by atoms with van der Waals surface area (Å²) < 4.78 is 0. The van der Waals surface area contributed by atoms with Gasteiger partial charge in [0, 0.05) is 0 Å². The Morgan fingerprint density at radius 3 is 1.44 bits per heavy atom. The van der Waals surface area contributed by atoms with Gasteiger partial charge >= 0.3 is 0 Å². The highest BCUT2D eigenvalue weighted by atomic mass is 16.5. The van der Waals surface area contributed by atoms with Crippen LogP contribution in [0.15, 0.2) is 0 Å². The second-order valence-corrected chi connectivity index (χ2v) is 2.39. The van der Waals surface area contributed by atoms with Crippen molar-refractivity contribution in [2.45, 2.75) is 45.6 Å². The van der Waals surface area contributed by atoms with Gasteiger partial charge in [0.25, 0.3) is 0 Å². The van der Waals surface area contributed by atoms with Crippen LogP contribution in [0.25, 0.3) is 0 Å². The standard InChI is InChI=1S/C7H16NO/c1-4-7(5-2,6-3)8-9/h9H,4-6H2,1-3H3. The third-order valence-electron chi connectivity index (χ3n) is 2.19. The molecule has 0 aliphatic rings. The van der Waals surface area contributed by atoms with E-state index >= 15 is 0 Å². The van der Waals surface area contributed by atoms with Crippen LogP contribution < -0.4 is 5.48 Å². The van der Waals surface area contributed by atoms with Crippen LogP contribution in [0.1, 0.15) is 40.0 Å². The van der Waals surface area contributed by atoms with Crippen molar-refractivity contribution in [3.8, 4) is 0 Å². The number of nitrogens with zero attached hydrogens (tertiary/aromatic N) is 1. The normalized spacial score (nSPS) is 12.0. The molecule has 0 amide bonds. The zero-order chi connectivity index (χ0) is 7.33. The highest BCUT2D eigenvalue weighted by Gasteiger charge is 2.23. The largest absolute Gasteiger partial charge is 0.296 e. The first-order valence-electron chi connectivity index (χ1n) is 3.61. The van der Waals surface area contributed by atoms with Gasteiger partial charge in [0.05, 0.1) is 5.54 Å². The lowest BCUT2D eigenvalue weighted by Gasteiger charge is -2.25. The van der Waals surface area contributed by atoms with Gasteiger partial charge in [-0.2, -0.15) is 0 Å². The minimum Gasteiger partial charge on any atom is -0.296 e. The first-order chi connectivity index (χ1) is 4.24. The van der Waals surface area contributed by atoms with Crippen molar-refractivity contribution in [1.82, 2.24) is 5.48 Å². The molecular weight excluding hydrogens is 114 g/mol. The molecule has 0 aromatic rings. The van der Waals surface area contributed by atoms with Gasteiger partial charge in [-0.3, -0.25) is 5.21 Å². The Morgan fingerprint density at radius 2 is 1.44 bits per heavy atom. The van der Waals surface area contributed by atoms with Gasteiger partial charge in [0.2, 0.25) is 0 Å². The predicted octanol–water partition coefficient (Wildman–Crippen LogP) is 1.95. The summed E-state index contributed by atoms with van der Waals surface area (Å²) in [7, 11) is 0. The van der Waals surface area contributed by atoms with E-state index in [4.69, 9.17) is 5.21 Å². The maximum atomic E-state index is 8.60. The van der Waals surface area contributed by atoms with E-state index in [2.05, 4.69) is 5.48 Å². The zero-order valence-corrected chi connectivity index (χ0v) is 6.52. The lowest BCUT2D eigenvalue weighted by molar-refractivity contribution is 0.0425. The van der Waals surface area contributed by atoms with Crippen molar-refractivity contribution in [3.05, 3.63) is 0 Å². The van der Waals surface area contributed by atoms with E-state index in [-0.39, 0.29) is 5.54 Å². The summed E-state index contributed by atoms with van der Waals surface area (Å²) in [5.41, 5.74) is 3.22. The third-order valence-corrected chi connectivity index (χ3v) is 2.19. The molecule has 2 heteroatoms. The second kappa shape index (κ2) is 3.85. The highest BCUT2D eigenvalue weighted by molar-refractivity contribution is 4.78. The van der Waals surface area contributed by atoms with Crippen LogP contribution in [0.4, 0.5) is 0 Å². The minimum atomic E-state index is -0.153. The average Bonchev–Trinajstić information content (AvgIpc) is 1.95. The quantitative estimate of drug-likeness (QED) is 0.580. The van der Waals surface area contributed by atoms with Crippen molar-refractivity contribution >= 4 is 0 Å². The summed E-state index contributed by atoms with van der Waals surface area (Å²) in [6.07, 6.45) is 2.78. The molecule has 1 radical (unpaired) electrons. The van der Waals surface area contributed by atoms with E-state index in [1.165, 1.54) is 0 Å². The van der Waals surface area contributed by atoms with Crippen LogP contribution in [-0.4, -0.2) is 10.7 Å². The van der Waals surface area contributed by atoms with Crippen molar-refractivity contribution in [2.75, 3.05) is 0 Å². The smallest absolute Gasteiger partial charge is 0.0637 e. The Labute approximate surface area is 57.2 Å². The van der Waals surface area contributed by atoms with Gasteiger partial charge in [-0.15, -0.1) is 0 Å². The van der Waals surface area contributed by atoms with Crippen LogP contribution >= 0.6 is 0 Å². The number of hydrogen-bond donors (Lipinski definition) is 1. The van der Waals surface area contributed by atoms with Gasteiger partial charge in [-0.25, -0.2) is 0 Å². The molecule has 0 atom stereocenters. The Morgan fingerprint density at radius 1 is 1.11 bits per heavy atom. The minimum absolute atomic E-state index is 0.153. The van der Waals surface area contributed by atoms with Crippen molar-refractivity contribution in [3.63, 3.8) is 0 Å². The molecule has 0 unspecified atom stereocenters. The first kappa shape index (κ1) is 8.92. The van der Waals surface area contributed by atoms with Crippen LogP contribution in [0.2, 0.25) is 0 Å². The van der Waals surface area contributed by atoms with E-state index in [1.807, 2.05) is 20.8 Å². The summed E-state index contributed by atoms with van der Waals surface area (Å²) in [4.78, 5) is 0. The molecule has 9 heavy (non-hydrogen) atoms. The monoisotopic (exact) mass is 130 g/mol. The van der Waals surface area contributed by atoms with Gasteiger partial charge in [0.1, 0.15) is 0 Å². The summed E-state index contributed by atoms with van der Waals surface area (Å²) in [5, 5.41) is 8.60. The Bertz CT molecular complexity index is 51.8. The molecule has 0 aromatic heterocycles. The highest BCUT2D eigenvalue weighted by Crippen LogP contribution is 2.18. The summed E-state index contributed by atoms with van der Waals surface area (Å²) in [6.45, 7) is 6.14. The average molecular weight is 130 g/mol. The van der Waals surface area contributed by atoms with E-state index in [0.29, 0.717) is 0 Å². The molecule has 0 spiro atoms. The molecule has 0 aromatic carbocycles. The fourth-order valence-electron chi connectivity index (χ4n) is 0.962. The molecule has 0 aliphatic heterocycles. The predicted molar refractivity (Wildman–Crippen MR) is 37.5 cm³/mol. The SMILES string of the molecule is CCC(CC)(CC)[N]O. The van der Waals surface area contributed by atoms with Gasteiger partial charge in [0.15, 0.2) is 0 Å². The van der Waals surface area contributed by atoms with E-state index < -0.39 is 0 Å². The summed E-state index contributed by atoms with van der Waals surface area (Å²) in [6, 6.07) is 0. The van der Waals surface area contributed by atoms with Crippen LogP contribution in [0, 0.1) is 0 Å². The van der Waals surface area contributed by atoms with Crippen molar-refractivity contribution < 1.29 is 5.21 Å². The number of rotatable bonds is 4. The fraction of sp³-hybridized carbons (Fsp3) is 1.00. The third kappa shape index (κ3) is 1.95. The summed E-state index contributed by atoms with van der Waals surface area (Å²) in [5.74, 6) is 0. The topological polar surface area (TPSA) is 34.3 Å². The molecule has 1 N–H and O–H groups in total. The Balaban J connectivity index is 3.82. The van der Waals surface area contributed by atoms with Crippen molar-refractivity contribution in [1.29, 1.82) is 0 Å². The van der Waals surface area contributed by atoms with Gasteiger partial charge in [-0.1, -0.05) is 26.3 Å². The molecule has 0 rings (SSSR count). The zero-order valence-electron chi connectivity index (χ0n) is 6.52. The van der Waals surface area contributed by atoms with Crippen LogP contribution in [0.3, 0.4) is 0 Å². The van der Waals surface area contributed by atoms with Gasteiger partial charge in [-0.05, 0) is 19.3 Å². The van der Waals surface area contributed by atoms with Crippen LogP contribution in [0.5, 0.6) is 0 Å². The molecule has 0 saturated carbocycles. The molecular formula is C7H16NO. The molecule has 0 saturated heterocycles. The Kier molecular flexibility index (Phi) is 3.82. The maximum Gasteiger partial charge on any atom is 0.0637 e. The lowest BCUT2D eigenvalue weighted by atomic mass is 9.91. The molecule has 0 bridgehead atoms. The molecule has 0 aliphatic carbocycles. The molecule has 2 nitrogen and oxygen atoms in total. The number of hydrogen-bond acceptors (Lipinski definition) is 1. The van der Waals surface area contributed by atoms with Crippen molar-refractivity contribution in [2.24, 2.45) is 0 Å². The molecule has 0 heterocycles.